The highest BCUT2D eigenvalue weighted by Gasteiger charge is 2.21. The maximum atomic E-state index is 11.2. The lowest BCUT2D eigenvalue weighted by molar-refractivity contribution is 0.127. The van der Waals surface area contributed by atoms with Gasteiger partial charge in [0.25, 0.3) is 20.2 Å². The van der Waals surface area contributed by atoms with Gasteiger partial charge in [-0.15, -0.1) is 0 Å². The smallest absolute Gasteiger partial charge is 0.264 e. The van der Waals surface area contributed by atoms with Crippen molar-refractivity contribution in [2.24, 2.45) is 17.8 Å². The van der Waals surface area contributed by atoms with E-state index in [2.05, 4.69) is 4.90 Å². The van der Waals surface area contributed by atoms with Crippen LogP contribution < -0.4 is 0 Å². The van der Waals surface area contributed by atoms with Crippen molar-refractivity contribution in [3.63, 3.8) is 0 Å². The molecule has 1 saturated carbocycles. The molecule has 0 aromatic rings. The van der Waals surface area contributed by atoms with Gasteiger partial charge in [-0.1, -0.05) is 33.1 Å². The maximum absolute atomic E-state index is 11.2. The van der Waals surface area contributed by atoms with Gasteiger partial charge in [-0.25, -0.2) is 0 Å². The molecule has 0 aliphatic heterocycles. The molecule has 1 aliphatic rings. The van der Waals surface area contributed by atoms with Crippen molar-refractivity contribution in [2.75, 3.05) is 45.4 Å². The van der Waals surface area contributed by atoms with Gasteiger partial charge < -0.3 is 4.90 Å². The van der Waals surface area contributed by atoms with E-state index >= 15 is 0 Å². The summed E-state index contributed by atoms with van der Waals surface area (Å²) in [6.45, 7) is 6.65. The Hall–Kier alpha value is -0.220. The molecular weight excluding hydrogens is 378 g/mol. The highest BCUT2D eigenvalue weighted by atomic mass is 32.2. The largest absolute Gasteiger partial charge is 0.302 e. The van der Waals surface area contributed by atoms with Crippen molar-refractivity contribution in [1.29, 1.82) is 0 Å². The summed E-state index contributed by atoms with van der Waals surface area (Å²) in [6, 6.07) is 0. The fraction of sp³-hybridized carbons (Fsp3) is 1.00. The molecule has 0 heterocycles. The molecule has 7 nitrogen and oxygen atoms in total. The summed E-state index contributed by atoms with van der Waals surface area (Å²) in [4.78, 5) is 2.31. The first kappa shape index (κ1) is 23.8. The van der Waals surface area contributed by atoms with Crippen LogP contribution in [0.25, 0.3) is 0 Å². The summed E-state index contributed by atoms with van der Waals surface area (Å²) in [5, 5.41) is 0. The topological polar surface area (TPSA) is 90.0 Å². The fourth-order valence-electron chi connectivity index (χ4n) is 3.42. The second kappa shape index (κ2) is 10.9. The van der Waals surface area contributed by atoms with Crippen LogP contribution in [0.1, 0.15) is 46.0 Å². The van der Waals surface area contributed by atoms with Crippen LogP contribution in [0.3, 0.4) is 0 Å². The molecule has 1 rings (SSSR count). The van der Waals surface area contributed by atoms with Crippen molar-refractivity contribution in [3.05, 3.63) is 0 Å². The molecule has 0 amide bonds. The summed E-state index contributed by atoms with van der Waals surface area (Å²) in [7, 11) is -6.87. The standard InChI is InChI=1S/C17H35NO6S2/c1-15(13-23-25(3,19)20)10-18(12-17-8-6-5-7-9-17)11-16(2)14-24-26(4,21)22/h15-17H,5-14H2,1-4H3/t15-,16-/m0/s1. The zero-order chi connectivity index (χ0) is 19.8. The van der Waals surface area contributed by atoms with E-state index in [4.69, 9.17) is 8.37 Å². The van der Waals surface area contributed by atoms with Crippen molar-refractivity contribution in [1.82, 2.24) is 4.90 Å². The normalized spacial score (nSPS) is 19.6. The molecule has 0 unspecified atom stereocenters. The Morgan fingerprint density at radius 1 is 0.846 bits per heavy atom. The molecule has 1 fully saturated rings. The van der Waals surface area contributed by atoms with Gasteiger partial charge in [0, 0.05) is 19.6 Å². The van der Waals surface area contributed by atoms with Crippen LogP contribution in [0.2, 0.25) is 0 Å². The van der Waals surface area contributed by atoms with Gasteiger partial charge in [0.2, 0.25) is 0 Å². The minimum absolute atomic E-state index is 0.0661. The summed E-state index contributed by atoms with van der Waals surface area (Å²) >= 11 is 0. The van der Waals surface area contributed by atoms with E-state index in [-0.39, 0.29) is 25.0 Å². The third-order valence-electron chi connectivity index (χ3n) is 4.51. The van der Waals surface area contributed by atoms with E-state index in [0.29, 0.717) is 5.92 Å². The van der Waals surface area contributed by atoms with E-state index in [1.165, 1.54) is 32.1 Å². The third-order valence-corrected chi connectivity index (χ3v) is 5.64. The highest BCUT2D eigenvalue weighted by Crippen LogP contribution is 2.25. The molecule has 0 N–H and O–H groups in total. The van der Waals surface area contributed by atoms with Gasteiger partial charge in [0.05, 0.1) is 25.7 Å². The molecule has 0 radical (unpaired) electrons. The lowest BCUT2D eigenvalue weighted by atomic mass is 9.88. The summed E-state index contributed by atoms with van der Waals surface area (Å²) in [6.07, 6.45) is 8.38. The maximum Gasteiger partial charge on any atom is 0.264 e. The number of rotatable bonds is 12. The zero-order valence-corrected chi connectivity index (χ0v) is 18.1. The Labute approximate surface area is 159 Å². The van der Waals surface area contributed by atoms with E-state index in [1.807, 2.05) is 13.8 Å². The van der Waals surface area contributed by atoms with Crippen LogP contribution in [0.4, 0.5) is 0 Å². The summed E-state index contributed by atoms with van der Waals surface area (Å²) < 4.78 is 54.6. The summed E-state index contributed by atoms with van der Waals surface area (Å²) in [5.74, 6) is 0.780. The van der Waals surface area contributed by atoms with E-state index in [9.17, 15) is 16.8 Å². The highest BCUT2D eigenvalue weighted by molar-refractivity contribution is 7.86. The molecule has 0 spiro atoms. The van der Waals surface area contributed by atoms with E-state index in [1.54, 1.807) is 0 Å². The zero-order valence-electron chi connectivity index (χ0n) is 16.5. The van der Waals surface area contributed by atoms with Crippen LogP contribution in [0.5, 0.6) is 0 Å². The predicted octanol–water partition coefficient (Wildman–Crippen LogP) is 2.09. The Kier molecular flexibility index (Phi) is 10.0. The van der Waals surface area contributed by atoms with Crippen molar-refractivity contribution >= 4 is 20.2 Å². The third kappa shape index (κ3) is 12.2. The van der Waals surface area contributed by atoms with Crippen LogP contribution in [-0.4, -0.2) is 67.1 Å². The minimum atomic E-state index is -3.44. The Bertz CT molecular complexity index is 555. The van der Waals surface area contributed by atoms with Crippen LogP contribution in [0.15, 0.2) is 0 Å². The number of nitrogens with zero attached hydrogens (tertiary/aromatic N) is 1. The molecular formula is C17H35NO6S2. The second-order valence-electron chi connectivity index (χ2n) is 7.91. The van der Waals surface area contributed by atoms with Gasteiger partial charge in [0.15, 0.2) is 0 Å². The minimum Gasteiger partial charge on any atom is -0.302 e. The fourth-order valence-corrected chi connectivity index (χ4v) is 4.38. The first-order valence-electron chi connectivity index (χ1n) is 9.35. The van der Waals surface area contributed by atoms with Crippen molar-refractivity contribution in [2.45, 2.75) is 46.0 Å². The van der Waals surface area contributed by atoms with Gasteiger partial charge in [-0.3, -0.25) is 8.37 Å². The lowest BCUT2D eigenvalue weighted by Gasteiger charge is -2.33. The van der Waals surface area contributed by atoms with Crippen LogP contribution in [-0.2, 0) is 28.6 Å². The van der Waals surface area contributed by atoms with Gasteiger partial charge >= 0.3 is 0 Å². The van der Waals surface area contributed by atoms with Crippen molar-refractivity contribution in [3.8, 4) is 0 Å². The molecule has 2 atom stereocenters. The second-order valence-corrected chi connectivity index (χ2v) is 11.2. The first-order valence-corrected chi connectivity index (χ1v) is 13.0. The quantitative estimate of drug-likeness (QED) is 0.453. The first-order chi connectivity index (χ1) is 11.9. The molecule has 0 bridgehead atoms. The van der Waals surface area contributed by atoms with Gasteiger partial charge in [-0.2, -0.15) is 16.8 Å². The number of hydrogen-bond donors (Lipinski definition) is 0. The number of hydrogen-bond acceptors (Lipinski definition) is 7. The average molecular weight is 414 g/mol. The molecule has 26 heavy (non-hydrogen) atoms. The SMILES string of the molecule is C[C@H](COS(C)(=O)=O)CN(CC1CCCCC1)C[C@H](C)COS(C)(=O)=O. The Morgan fingerprint density at radius 2 is 1.27 bits per heavy atom. The molecule has 1 aliphatic carbocycles. The molecule has 9 heteroatoms. The van der Waals surface area contributed by atoms with Gasteiger partial charge in [-0.05, 0) is 30.6 Å². The Morgan fingerprint density at radius 3 is 1.65 bits per heavy atom. The van der Waals surface area contributed by atoms with Gasteiger partial charge in [0.1, 0.15) is 0 Å². The lowest BCUT2D eigenvalue weighted by Crippen LogP contribution is -2.39. The van der Waals surface area contributed by atoms with Crippen molar-refractivity contribution < 1.29 is 25.2 Å². The molecule has 0 aromatic heterocycles. The van der Waals surface area contributed by atoms with E-state index < -0.39 is 20.2 Å². The average Bonchev–Trinajstić information content (AvgIpc) is 2.50. The predicted molar refractivity (Wildman–Crippen MR) is 103 cm³/mol. The molecule has 0 saturated heterocycles. The monoisotopic (exact) mass is 413 g/mol. The Balaban J connectivity index is 2.58. The van der Waals surface area contributed by atoms with Crippen LogP contribution >= 0.6 is 0 Å². The van der Waals surface area contributed by atoms with E-state index in [0.717, 1.165) is 32.1 Å². The van der Waals surface area contributed by atoms with Crippen LogP contribution in [0, 0.1) is 17.8 Å². The molecule has 156 valence electrons. The summed E-state index contributed by atoms with van der Waals surface area (Å²) in [5.41, 5.74) is 0. The molecule has 0 aromatic carbocycles.